The number of aliphatic imine (C=N–C) groups is 1. The van der Waals surface area contributed by atoms with Crippen LogP contribution in [0.3, 0.4) is 0 Å². The second kappa shape index (κ2) is 17.6. The van der Waals surface area contributed by atoms with Gasteiger partial charge in [-0.2, -0.15) is 0 Å². The fourth-order valence-corrected chi connectivity index (χ4v) is 5.34. The Morgan fingerprint density at radius 1 is 1.02 bits per heavy atom. The van der Waals surface area contributed by atoms with Crippen molar-refractivity contribution in [3.05, 3.63) is 45.9 Å². The number of hydrogen-bond acceptors (Lipinski definition) is 8. The van der Waals surface area contributed by atoms with Crippen molar-refractivity contribution in [2.45, 2.75) is 75.7 Å². The van der Waals surface area contributed by atoms with Gasteiger partial charge in [0.15, 0.2) is 5.96 Å². The summed E-state index contributed by atoms with van der Waals surface area (Å²) in [6, 6.07) is 3.14. The van der Waals surface area contributed by atoms with Gasteiger partial charge in [-0.15, -0.1) is 11.8 Å². The Morgan fingerprint density at radius 3 is 2.26 bits per heavy atom. The van der Waals surface area contributed by atoms with Crippen LogP contribution in [0.1, 0.15) is 51.6 Å². The number of hydrogen-bond donors (Lipinski definition) is 9. The largest absolute Gasteiger partial charge is 0.388 e. The quantitative estimate of drug-likeness (QED) is 0.0657. The van der Waals surface area contributed by atoms with E-state index in [1.165, 1.54) is 11.8 Å². The van der Waals surface area contributed by atoms with Gasteiger partial charge in [0.2, 0.25) is 17.7 Å². The van der Waals surface area contributed by atoms with E-state index in [2.05, 4.69) is 47.5 Å². The van der Waals surface area contributed by atoms with Crippen LogP contribution in [-0.2, 0) is 14.4 Å². The van der Waals surface area contributed by atoms with Crippen LogP contribution >= 0.6 is 27.7 Å². The predicted molar refractivity (Wildman–Crippen MR) is 170 cm³/mol. The summed E-state index contributed by atoms with van der Waals surface area (Å²) < 4.78 is 0.882. The molecule has 1 aliphatic rings. The molecule has 0 fully saturated rings. The monoisotopic (exact) mass is 683 g/mol. The van der Waals surface area contributed by atoms with E-state index in [0.717, 1.165) is 10.0 Å². The van der Waals surface area contributed by atoms with Gasteiger partial charge in [0.1, 0.15) is 23.6 Å². The lowest BCUT2D eigenvalue weighted by molar-refractivity contribution is -0.132. The highest BCUT2D eigenvalue weighted by atomic mass is 79.9. The summed E-state index contributed by atoms with van der Waals surface area (Å²) in [5.41, 5.74) is 17.0. The fraction of sp³-hybridized carbons (Fsp3) is 0.519. The number of thioether (sulfide) groups is 1. The number of aliphatic hydroxyl groups excluding tert-OH is 1. The van der Waals surface area contributed by atoms with E-state index in [1.54, 1.807) is 32.4 Å². The van der Waals surface area contributed by atoms with Crippen LogP contribution in [0.2, 0.25) is 0 Å². The van der Waals surface area contributed by atoms with Crippen LogP contribution in [0, 0.1) is 5.92 Å². The van der Waals surface area contributed by atoms with Crippen molar-refractivity contribution in [2.75, 3.05) is 6.54 Å². The predicted octanol–water partition coefficient (Wildman–Crippen LogP) is 0.227. The number of carbonyl (C=O) groups is 4. The van der Waals surface area contributed by atoms with Gasteiger partial charge in [-0.1, -0.05) is 41.9 Å². The third-order valence-electron chi connectivity index (χ3n) is 6.56. The van der Waals surface area contributed by atoms with Gasteiger partial charge in [-0.25, -0.2) is 4.79 Å². The lowest BCUT2D eigenvalue weighted by Gasteiger charge is -2.31. The average Bonchev–Trinajstić information content (AvgIpc) is 3.47. The maximum atomic E-state index is 13.4. The molecule has 238 valence electrons. The van der Waals surface area contributed by atoms with Crippen molar-refractivity contribution < 1.29 is 24.3 Å². The maximum Gasteiger partial charge on any atom is 0.315 e. The van der Waals surface area contributed by atoms with Gasteiger partial charge in [-0.05, 0) is 48.8 Å². The van der Waals surface area contributed by atoms with Crippen LogP contribution in [0.25, 0.3) is 0 Å². The summed E-state index contributed by atoms with van der Waals surface area (Å²) in [7, 11) is 0. The lowest BCUT2D eigenvalue weighted by Crippen LogP contribution is -2.59. The molecule has 0 saturated heterocycles. The van der Waals surface area contributed by atoms with Crippen LogP contribution in [-0.4, -0.2) is 71.0 Å². The highest BCUT2D eigenvalue weighted by Gasteiger charge is 2.34. The van der Waals surface area contributed by atoms with Crippen molar-refractivity contribution in [1.29, 1.82) is 0 Å². The number of carbonyl (C=O) groups excluding carboxylic acids is 4. The molecule has 43 heavy (non-hydrogen) atoms. The molecule has 5 amide bonds. The summed E-state index contributed by atoms with van der Waals surface area (Å²) in [5, 5.41) is 26.1. The van der Waals surface area contributed by atoms with E-state index in [9.17, 15) is 24.3 Å². The summed E-state index contributed by atoms with van der Waals surface area (Å²) >= 11 is 4.73. The molecule has 12 N–H and O–H groups in total. The van der Waals surface area contributed by atoms with Gasteiger partial charge in [0, 0.05) is 17.2 Å². The average molecular weight is 685 g/mol. The molecule has 1 aromatic carbocycles. The zero-order valence-electron chi connectivity index (χ0n) is 24.4. The SMILES string of the molecule is CC(C)[C@H](NC(=O)[C@H](CC(N)=O)NC(=O)N[C@H](C)c1ccc(Br)cc1)C(=O)N[C@@H](CCCN=C(N)N)[C@H](O)C1NC=CS1. The van der Waals surface area contributed by atoms with Crippen molar-refractivity contribution in [3.8, 4) is 0 Å². The lowest BCUT2D eigenvalue weighted by atomic mass is 9.99. The van der Waals surface area contributed by atoms with Gasteiger partial charge in [0.05, 0.1) is 18.5 Å². The molecule has 16 heteroatoms. The third kappa shape index (κ3) is 12.3. The molecule has 1 unspecified atom stereocenters. The van der Waals surface area contributed by atoms with Crippen LogP contribution < -0.4 is 43.8 Å². The second-order valence-electron chi connectivity index (χ2n) is 10.4. The Bertz CT molecular complexity index is 1160. The van der Waals surface area contributed by atoms with E-state index < -0.39 is 60.4 Å². The summed E-state index contributed by atoms with van der Waals surface area (Å²) in [4.78, 5) is 55.2. The Morgan fingerprint density at radius 2 is 1.70 bits per heavy atom. The second-order valence-corrected chi connectivity index (χ2v) is 12.4. The number of nitrogens with zero attached hydrogens (tertiary/aromatic N) is 1. The van der Waals surface area contributed by atoms with Gasteiger partial charge < -0.3 is 48.9 Å². The number of rotatable bonds is 16. The standard InChI is InChI=1S/C27H42BrN9O5S/c1-14(2)21(24(41)35-18(5-4-10-33-26(30)31)22(39)25-32-11-12-43-25)37-23(40)19(13-20(29)38)36-27(42)34-15(3)16-6-8-17(28)9-7-16/h6-9,11-12,14-15,18-19,21-22,25,32,39H,4-5,10,13H2,1-3H3,(H2,29,38)(H,35,41)(H,37,40)(H4,30,31,33)(H2,34,36,42)/t15-,18+,19+,21+,22+,25?/m1/s1. The first kappa shape index (κ1) is 35.7. The molecule has 1 heterocycles. The minimum Gasteiger partial charge on any atom is -0.388 e. The first-order valence-electron chi connectivity index (χ1n) is 13.8. The maximum absolute atomic E-state index is 13.4. The van der Waals surface area contributed by atoms with Crippen molar-refractivity contribution in [2.24, 2.45) is 28.1 Å². The Labute approximate surface area is 263 Å². The summed E-state index contributed by atoms with van der Waals surface area (Å²) in [6.07, 6.45) is 1.07. The summed E-state index contributed by atoms with van der Waals surface area (Å²) in [5.74, 6) is -2.57. The Kier molecular flexibility index (Phi) is 14.6. The van der Waals surface area contributed by atoms with Crippen molar-refractivity contribution in [1.82, 2.24) is 26.6 Å². The molecular formula is C27H42BrN9O5S. The molecule has 6 atom stereocenters. The molecule has 0 radical (unpaired) electrons. The van der Waals surface area contributed by atoms with Crippen LogP contribution in [0.15, 0.2) is 45.3 Å². The zero-order valence-corrected chi connectivity index (χ0v) is 26.8. The molecule has 14 nitrogen and oxygen atoms in total. The minimum absolute atomic E-state index is 0.0588. The topological polar surface area (TPSA) is 239 Å². The van der Waals surface area contributed by atoms with E-state index in [1.807, 2.05) is 24.3 Å². The fourth-order valence-electron chi connectivity index (χ4n) is 4.24. The van der Waals surface area contributed by atoms with E-state index >= 15 is 0 Å². The highest BCUT2D eigenvalue weighted by Crippen LogP contribution is 2.22. The molecule has 0 spiro atoms. The van der Waals surface area contributed by atoms with E-state index in [0.29, 0.717) is 19.4 Å². The molecular weight excluding hydrogens is 642 g/mol. The van der Waals surface area contributed by atoms with E-state index in [4.69, 9.17) is 17.2 Å². The molecule has 1 aromatic rings. The third-order valence-corrected chi connectivity index (χ3v) is 8.09. The number of benzene rings is 1. The van der Waals surface area contributed by atoms with Gasteiger partial charge in [0.25, 0.3) is 0 Å². The Hall–Kier alpha value is -3.50. The first-order chi connectivity index (χ1) is 20.3. The summed E-state index contributed by atoms with van der Waals surface area (Å²) in [6.45, 7) is 5.54. The first-order valence-corrected chi connectivity index (χ1v) is 15.5. The minimum atomic E-state index is -1.34. The number of nitrogens with two attached hydrogens (primary N) is 3. The van der Waals surface area contributed by atoms with Gasteiger partial charge >= 0.3 is 6.03 Å². The van der Waals surface area contributed by atoms with Crippen molar-refractivity contribution >= 4 is 57.4 Å². The number of guanidine groups is 1. The van der Waals surface area contributed by atoms with Crippen molar-refractivity contribution in [3.63, 3.8) is 0 Å². The highest BCUT2D eigenvalue weighted by molar-refractivity contribution is 9.10. The number of urea groups is 1. The Balaban J connectivity index is 2.10. The number of halogens is 1. The number of nitrogens with one attached hydrogen (secondary N) is 5. The molecule has 2 rings (SSSR count). The van der Waals surface area contributed by atoms with Crippen LogP contribution in [0.4, 0.5) is 4.79 Å². The van der Waals surface area contributed by atoms with E-state index in [-0.39, 0.29) is 17.3 Å². The zero-order chi connectivity index (χ0) is 32.1. The normalized spacial score (nSPS) is 17.5. The number of aliphatic hydroxyl groups is 1. The molecule has 0 aromatic heterocycles. The number of primary amides is 1. The van der Waals surface area contributed by atoms with Gasteiger partial charge in [-0.3, -0.25) is 19.4 Å². The van der Waals surface area contributed by atoms with Crippen LogP contribution in [0.5, 0.6) is 0 Å². The molecule has 0 saturated carbocycles. The smallest absolute Gasteiger partial charge is 0.315 e. The number of amides is 5. The molecule has 0 bridgehead atoms. The molecule has 0 aliphatic carbocycles. The molecule has 1 aliphatic heterocycles.